The van der Waals surface area contributed by atoms with Gasteiger partial charge in [0, 0.05) is 16.5 Å². The minimum absolute atomic E-state index is 0.196. The molecule has 0 fully saturated rings. The molecule has 1 heterocycles. The molecule has 0 N–H and O–H groups in total. The van der Waals surface area contributed by atoms with Crippen LogP contribution in [0.1, 0.15) is 50.7 Å². The Morgan fingerprint density at radius 2 is 1.68 bits per heavy atom. The summed E-state index contributed by atoms with van der Waals surface area (Å²) in [5.41, 5.74) is 4.70. The number of aryl methyl sites for hydroxylation is 2. The first-order chi connectivity index (χ1) is 12.2. The Morgan fingerprint density at radius 1 is 0.880 bits per heavy atom. The first-order valence-electron chi connectivity index (χ1n) is 9.38. The molecular weight excluding hydrogens is 308 g/mol. The number of para-hydroxylation sites is 1. The van der Waals surface area contributed by atoms with E-state index in [4.69, 9.17) is 4.42 Å². The van der Waals surface area contributed by atoms with E-state index in [2.05, 4.69) is 38.1 Å². The summed E-state index contributed by atoms with van der Waals surface area (Å²) in [5, 5.41) is 1.00. The van der Waals surface area contributed by atoms with Gasteiger partial charge in [-0.05, 0) is 36.5 Å². The van der Waals surface area contributed by atoms with Crippen LogP contribution >= 0.6 is 0 Å². The standard InChI is InChI=1S/C23H26O2/c1-3-5-6-9-20-16-19-10-7-11-21(22(19)25-23(20)24)18-14-12-17(8-4-2)13-15-18/h7,10-16H,3-6,8-9H2,1-2H3. The number of benzene rings is 2. The molecule has 0 unspecified atom stereocenters. The van der Waals surface area contributed by atoms with Crippen LogP contribution in [0.2, 0.25) is 0 Å². The monoisotopic (exact) mass is 334 g/mol. The summed E-state index contributed by atoms with van der Waals surface area (Å²) >= 11 is 0. The summed E-state index contributed by atoms with van der Waals surface area (Å²) < 4.78 is 5.73. The zero-order valence-corrected chi connectivity index (χ0v) is 15.2. The summed E-state index contributed by atoms with van der Waals surface area (Å²) in [6.45, 7) is 4.35. The van der Waals surface area contributed by atoms with E-state index in [1.807, 2.05) is 24.3 Å². The molecule has 3 aromatic rings. The van der Waals surface area contributed by atoms with Crippen LogP contribution in [0, 0.1) is 0 Å². The Hall–Kier alpha value is -2.35. The van der Waals surface area contributed by atoms with Crippen molar-refractivity contribution < 1.29 is 4.42 Å². The molecule has 130 valence electrons. The van der Waals surface area contributed by atoms with Gasteiger partial charge < -0.3 is 4.42 Å². The lowest BCUT2D eigenvalue weighted by atomic mass is 9.99. The van der Waals surface area contributed by atoms with Crippen LogP contribution in [0.15, 0.2) is 57.7 Å². The van der Waals surface area contributed by atoms with Crippen molar-refractivity contribution in [1.29, 1.82) is 0 Å². The molecule has 2 aromatic carbocycles. The fraction of sp³-hybridized carbons (Fsp3) is 0.348. The fourth-order valence-corrected chi connectivity index (χ4v) is 3.29. The number of rotatable bonds is 7. The minimum Gasteiger partial charge on any atom is -0.422 e. The molecule has 3 rings (SSSR count). The predicted octanol–water partition coefficient (Wildman–Crippen LogP) is 6.15. The van der Waals surface area contributed by atoms with Crippen LogP contribution in [-0.2, 0) is 12.8 Å². The van der Waals surface area contributed by atoms with E-state index in [9.17, 15) is 4.79 Å². The third-order valence-electron chi connectivity index (χ3n) is 4.69. The molecule has 0 saturated heterocycles. The molecule has 2 heteroatoms. The van der Waals surface area contributed by atoms with Crippen molar-refractivity contribution >= 4 is 11.0 Å². The molecule has 0 amide bonds. The Labute approximate surface area is 149 Å². The Balaban J connectivity index is 1.99. The summed E-state index contributed by atoms with van der Waals surface area (Å²) in [7, 11) is 0. The van der Waals surface area contributed by atoms with E-state index in [0.29, 0.717) is 5.58 Å². The van der Waals surface area contributed by atoms with Crippen LogP contribution < -0.4 is 5.63 Å². The topological polar surface area (TPSA) is 30.2 Å². The Bertz CT molecular complexity index is 888. The lowest BCUT2D eigenvalue weighted by Gasteiger charge is -2.08. The third-order valence-corrected chi connectivity index (χ3v) is 4.69. The van der Waals surface area contributed by atoms with Crippen LogP contribution in [0.5, 0.6) is 0 Å². The maximum atomic E-state index is 12.4. The summed E-state index contributed by atoms with van der Waals surface area (Å²) in [6.07, 6.45) is 6.35. The van der Waals surface area contributed by atoms with Crippen molar-refractivity contribution in [2.75, 3.05) is 0 Å². The predicted molar refractivity (Wildman–Crippen MR) is 105 cm³/mol. The molecule has 0 aliphatic carbocycles. The van der Waals surface area contributed by atoms with Crippen molar-refractivity contribution in [1.82, 2.24) is 0 Å². The largest absolute Gasteiger partial charge is 0.422 e. The van der Waals surface area contributed by atoms with Crippen LogP contribution in [0.4, 0.5) is 0 Å². The average molecular weight is 334 g/mol. The zero-order valence-electron chi connectivity index (χ0n) is 15.2. The van der Waals surface area contributed by atoms with E-state index in [1.165, 1.54) is 5.56 Å². The quantitative estimate of drug-likeness (QED) is 0.383. The average Bonchev–Trinajstić information content (AvgIpc) is 2.63. The van der Waals surface area contributed by atoms with Gasteiger partial charge in [-0.3, -0.25) is 0 Å². The SMILES string of the molecule is CCCCCc1cc2cccc(-c3ccc(CCC)cc3)c2oc1=O. The summed E-state index contributed by atoms with van der Waals surface area (Å²) in [5.74, 6) is 0. The zero-order chi connectivity index (χ0) is 17.6. The molecule has 1 aromatic heterocycles. The van der Waals surface area contributed by atoms with E-state index >= 15 is 0 Å². The Morgan fingerprint density at radius 3 is 2.40 bits per heavy atom. The van der Waals surface area contributed by atoms with E-state index in [1.54, 1.807) is 0 Å². The molecule has 0 bridgehead atoms. The minimum atomic E-state index is -0.196. The second-order valence-corrected chi connectivity index (χ2v) is 6.69. The highest BCUT2D eigenvalue weighted by molar-refractivity contribution is 5.92. The number of hydrogen-bond acceptors (Lipinski definition) is 2. The van der Waals surface area contributed by atoms with Crippen molar-refractivity contribution in [2.24, 2.45) is 0 Å². The Kier molecular flexibility index (Phi) is 5.70. The van der Waals surface area contributed by atoms with Gasteiger partial charge >= 0.3 is 5.63 Å². The fourth-order valence-electron chi connectivity index (χ4n) is 3.29. The van der Waals surface area contributed by atoms with Gasteiger partial charge in [-0.15, -0.1) is 0 Å². The highest BCUT2D eigenvalue weighted by atomic mass is 16.4. The third kappa shape index (κ3) is 4.01. The van der Waals surface area contributed by atoms with Gasteiger partial charge in [0.25, 0.3) is 0 Å². The molecule has 0 aliphatic heterocycles. The van der Waals surface area contributed by atoms with Crippen LogP contribution in [-0.4, -0.2) is 0 Å². The normalized spacial score (nSPS) is 11.1. The molecule has 0 atom stereocenters. The van der Waals surface area contributed by atoms with Gasteiger partial charge in [0.15, 0.2) is 0 Å². The van der Waals surface area contributed by atoms with Crippen molar-refractivity contribution in [3.8, 4) is 11.1 Å². The van der Waals surface area contributed by atoms with Gasteiger partial charge in [0.2, 0.25) is 0 Å². The maximum absolute atomic E-state index is 12.4. The van der Waals surface area contributed by atoms with E-state index < -0.39 is 0 Å². The second-order valence-electron chi connectivity index (χ2n) is 6.69. The first kappa shape index (κ1) is 17.5. The van der Waals surface area contributed by atoms with Crippen molar-refractivity contribution in [2.45, 2.75) is 52.4 Å². The molecule has 2 nitrogen and oxygen atoms in total. The van der Waals surface area contributed by atoms with Crippen LogP contribution in [0.3, 0.4) is 0 Å². The molecular formula is C23H26O2. The van der Waals surface area contributed by atoms with Crippen molar-refractivity contribution in [3.63, 3.8) is 0 Å². The van der Waals surface area contributed by atoms with Gasteiger partial charge in [-0.25, -0.2) is 4.79 Å². The summed E-state index contributed by atoms with van der Waals surface area (Å²) in [6, 6.07) is 16.7. The highest BCUT2D eigenvalue weighted by Gasteiger charge is 2.10. The molecule has 25 heavy (non-hydrogen) atoms. The number of fused-ring (bicyclic) bond motifs is 1. The second kappa shape index (κ2) is 8.15. The molecule has 0 aliphatic rings. The highest BCUT2D eigenvalue weighted by Crippen LogP contribution is 2.28. The van der Waals surface area contributed by atoms with E-state index in [-0.39, 0.29) is 5.63 Å². The van der Waals surface area contributed by atoms with Crippen LogP contribution in [0.25, 0.3) is 22.1 Å². The summed E-state index contributed by atoms with van der Waals surface area (Å²) in [4.78, 5) is 12.4. The van der Waals surface area contributed by atoms with Gasteiger partial charge in [-0.1, -0.05) is 75.6 Å². The first-order valence-corrected chi connectivity index (χ1v) is 9.38. The van der Waals surface area contributed by atoms with Gasteiger partial charge in [-0.2, -0.15) is 0 Å². The number of hydrogen-bond donors (Lipinski definition) is 0. The van der Waals surface area contributed by atoms with Gasteiger partial charge in [0.1, 0.15) is 5.58 Å². The maximum Gasteiger partial charge on any atom is 0.339 e. The molecule has 0 spiro atoms. The molecule has 0 radical (unpaired) electrons. The smallest absolute Gasteiger partial charge is 0.339 e. The van der Waals surface area contributed by atoms with Gasteiger partial charge in [0.05, 0.1) is 0 Å². The molecule has 0 saturated carbocycles. The number of unbranched alkanes of at least 4 members (excludes halogenated alkanes) is 2. The lowest BCUT2D eigenvalue weighted by Crippen LogP contribution is -2.07. The lowest BCUT2D eigenvalue weighted by molar-refractivity contribution is 0.547. The van der Waals surface area contributed by atoms with Crippen molar-refractivity contribution in [3.05, 3.63) is 70.1 Å². The van der Waals surface area contributed by atoms with E-state index in [0.717, 1.165) is 60.6 Å².